The summed E-state index contributed by atoms with van der Waals surface area (Å²) < 4.78 is 39.8. The van der Waals surface area contributed by atoms with Gasteiger partial charge in [-0.05, 0) is 31.2 Å². The number of aliphatic hydroxyl groups is 1. The van der Waals surface area contributed by atoms with E-state index in [1.807, 2.05) is 0 Å². The summed E-state index contributed by atoms with van der Waals surface area (Å²) in [5.41, 5.74) is 0.425. The van der Waals surface area contributed by atoms with Gasteiger partial charge in [0, 0.05) is 81.2 Å². The van der Waals surface area contributed by atoms with Crippen molar-refractivity contribution in [1.82, 2.24) is 29.1 Å². The van der Waals surface area contributed by atoms with Gasteiger partial charge >= 0.3 is 0 Å². The first-order chi connectivity index (χ1) is 25.1. The van der Waals surface area contributed by atoms with Gasteiger partial charge in [0.1, 0.15) is 0 Å². The number of carbonyl (C=O) groups excluding carboxylic acids is 3. The summed E-state index contributed by atoms with van der Waals surface area (Å²) in [5, 5.41) is 18.1. The maximum Gasteiger partial charge on any atom is 0.291 e. The maximum atomic E-state index is 15.5. The Labute approximate surface area is 311 Å². The van der Waals surface area contributed by atoms with Gasteiger partial charge in [0.2, 0.25) is 0 Å². The van der Waals surface area contributed by atoms with Crippen LogP contribution >= 0.6 is 11.6 Å². The lowest BCUT2D eigenvalue weighted by molar-refractivity contribution is -0.897. The number of rotatable bonds is 9. The molecule has 0 bridgehead atoms. The highest BCUT2D eigenvalue weighted by Crippen LogP contribution is 2.34. The quantitative estimate of drug-likeness (QED) is 0.247. The molecule has 2 aliphatic rings. The summed E-state index contributed by atoms with van der Waals surface area (Å²) in [6, 6.07) is 7.40. The van der Waals surface area contributed by atoms with E-state index >= 15 is 8.78 Å². The molecular formula is C37H44ClF2N8O5+. The van der Waals surface area contributed by atoms with Crippen molar-refractivity contribution in [3.05, 3.63) is 76.5 Å². The number of aromatic nitrogens is 4. The molecule has 2 fully saturated rings. The predicted molar refractivity (Wildman–Crippen MR) is 194 cm³/mol. The van der Waals surface area contributed by atoms with E-state index in [2.05, 4.69) is 29.5 Å². The molecule has 53 heavy (non-hydrogen) atoms. The number of piperidine rings is 1. The second-order valence-corrected chi connectivity index (χ2v) is 14.7. The van der Waals surface area contributed by atoms with Crippen molar-refractivity contribution in [3.8, 4) is 22.4 Å². The molecule has 0 unspecified atom stereocenters. The largest absolute Gasteiger partial charge is 0.383 e. The molecule has 0 saturated carbocycles. The van der Waals surface area contributed by atoms with Crippen LogP contribution in [-0.4, -0.2) is 129 Å². The van der Waals surface area contributed by atoms with E-state index in [1.165, 1.54) is 54.3 Å². The lowest BCUT2D eigenvalue weighted by atomic mass is 9.89. The molecule has 0 spiro atoms. The minimum Gasteiger partial charge on any atom is -0.383 e. The number of piperazine rings is 1. The maximum absolute atomic E-state index is 15.5. The van der Waals surface area contributed by atoms with E-state index in [0.29, 0.717) is 69.1 Å². The van der Waals surface area contributed by atoms with E-state index in [1.54, 1.807) is 28.5 Å². The van der Waals surface area contributed by atoms with Crippen LogP contribution in [0.4, 0.5) is 14.5 Å². The summed E-state index contributed by atoms with van der Waals surface area (Å²) >= 11 is 6.53. The van der Waals surface area contributed by atoms with Gasteiger partial charge in [-0.3, -0.25) is 19.1 Å². The zero-order chi connectivity index (χ0) is 38.2. The van der Waals surface area contributed by atoms with Crippen LogP contribution in [0, 0.1) is 18.6 Å². The summed E-state index contributed by atoms with van der Waals surface area (Å²) in [6.07, 6.45) is 3.57. The van der Waals surface area contributed by atoms with Crippen molar-refractivity contribution in [2.45, 2.75) is 31.9 Å². The number of benzene rings is 2. The molecule has 13 nitrogen and oxygen atoms in total. The molecular weight excluding hydrogens is 710 g/mol. The number of likely N-dealkylation sites (tertiary alicyclic amines) is 1. The SMILES string of the molecule is COCCn1ncc(-c2ccc(-c3cnc(C(=O)Nc4ccc(C(=O)N5CCN(C(=O)C6(O)CC[N+](C)(C)CC6)CC5)c(Cl)c4)n3C)c(F)c2F)c1C. The fourth-order valence-corrected chi connectivity index (χ4v) is 7.16. The Balaban J connectivity index is 1.09. The number of halogens is 3. The Morgan fingerprint density at radius 3 is 2.28 bits per heavy atom. The highest BCUT2D eigenvalue weighted by molar-refractivity contribution is 6.34. The van der Waals surface area contributed by atoms with Crippen molar-refractivity contribution in [2.75, 3.05) is 72.4 Å². The smallest absolute Gasteiger partial charge is 0.291 e. The van der Waals surface area contributed by atoms with Crippen molar-refractivity contribution in [3.63, 3.8) is 0 Å². The van der Waals surface area contributed by atoms with Crippen molar-refractivity contribution in [2.24, 2.45) is 7.05 Å². The molecule has 0 radical (unpaired) electrons. The summed E-state index contributed by atoms with van der Waals surface area (Å²) in [7, 11) is 7.24. The Kier molecular flexibility index (Phi) is 10.7. The van der Waals surface area contributed by atoms with E-state index in [9.17, 15) is 19.5 Å². The van der Waals surface area contributed by atoms with E-state index < -0.39 is 23.1 Å². The van der Waals surface area contributed by atoms with Crippen LogP contribution < -0.4 is 5.32 Å². The second-order valence-electron chi connectivity index (χ2n) is 14.3. The number of ether oxygens (including phenoxy) is 1. The normalized spacial score (nSPS) is 16.8. The van der Waals surface area contributed by atoms with Crippen LogP contribution in [-0.2, 0) is 23.1 Å². The first-order valence-corrected chi connectivity index (χ1v) is 17.8. The summed E-state index contributed by atoms with van der Waals surface area (Å²) in [6.45, 7) is 5.22. The van der Waals surface area contributed by atoms with Crippen molar-refractivity contribution < 1.29 is 37.5 Å². The molecule has 16 heteroatoms. The van der Waals surface area contributed by atoms with Gasteiger partial charge in [0.25, 0.3) is 17.7 Å². The number of amides is 3. The summed E-state index contributed by atoms with van der Waals surface area (Å²) in [4.78, 5) is 47.3. The molecule has 282 valence electrons. The van der Waals surface area contributed by atoms with Gasteiger partial charge < -0.3 is 34.0 Å². The zero-order valence-electron chi connectivity index (χ0n) is 30.5. The van der Waals surface area contributed by atoms with Crippen LogP contribution in [0.15, 0.2) is 42.7 Å². The van der Waals surface area contributed by atoms with E-state index in [4.69, 9.17) is 16.3 Å². The molecule has 0 atom stereocenters. The van der Waals surface area contributed by atoms with E-state index in [0.717, 1.165) is 4.48 Å². The van der Waals surface area contributed by atoms with E-state index in [-0.39, 0.29) is 58.1 Å². The zero-order valence-corrected chi connectivity index (χ0v) is 31.2. The van der Waals surface area contributed by atoms with Crippen molar-refractivity contribution in [1.29, 1.82) is 0 Å². The number of nitrogens with one attached hydrogen (secondary N) is 1. The van der Waals surface area contributed by atoms with Crippen LogP contribution in [0.25, 0.3) is 22.4 Å². The molecule has 2 aromatic heterocycles. The third kappa shape index (κ3) is 7.56. The Morgan fingerprint density at radius 1 is 0.981 bits per heavy atom. The molecule has 2 N–H and O–H groups in total. The average molecular weight is 754 g/mol. The second kappa shape index (κ2) is 15.0. The third-order valence-corrected chi connectivity index (χ3v) is 10.7. The van der Waals surface area contributed by atoms with Crippen LogP contribution in [0.5, 0.6) is 0 Å². The lowest BCUT2D eigenvalue weighted by Crippen LogP contribution is -2.61. The predicted octanol–water partition coefficient (Wildman–Crippen LogP) is 3.98. The topological polar surface area (TPSA) is 135 Å². The van der Waals surface area contributed by atoms with Gasteiger partial charge in [0.15, 0.2) is 23.1 Å². The third-order valence-electron chi connectivity index (χ3n) is 10.4. The standard InChI is InChI=1S/C37H43ClF2N8O5/c1-23-28(21-42-47(23)16-19-53-5)25-8-9-27(32(40)31(25)39)30-22-41-33(44(30)2)34(49)43-24-6-7-26(29(38)20-24)35(50)45-12-14-46(15-13-45)36(51)37(52)10-17-48(3,4)18-11-37/h6-9,20-22,52H,10-19H2,1-5H3/p+1. The van der Waals surface area contributed by atoms with Gasteiger partial charge in [-0.15, -0.1) is 0 Å². The first kappa shape index (κ1) is 38.0. The van der Waals surface area contributed by atoms with Gasteiger partial charge in [0.05, 0.1) is 69.0 Å². The highest BCUT2D eigenvalue weighted by Gasteiger charge is 2.46. The number of methoxy groups -OCH3 is 1. The number of imidazole rings is 1. The molecule has 2 aliphatic heterocycles. The number of hydrogen-bond donors (Lipinski definition) is 2. The Bertz CT molecular complexity index is 2050. The molecule has 2 aromatic carbocycles. The Hall–Kier alpha value is -4.70. The molecule has 6 rings (SSSR count). The molecule has 4 heterocycles. The highest BCUT2D eigenvalue weighted by atomic mass is 35.5. The number of nitrogens with zero attached hydrogens (tertiary/aromatic N) is 7. The number of hydrogen-bond acceptors (Lipinski definition) is 7. The first-order valence-electron chi connectivity index (χ1n) is 17.4. The molecule has 4 aromatic rings. The van der Waals surface area contributed by atoms with Crippen LogP contribution in [0.3, 0.4) is 0 Å². The van der Waals surface area contributed by atoms with Crippen LogP contribution in [0.2, 0.25) is 5.02 Å². The van der Waals surface area contributed by atoms with Gasteiger partial charge in [-0.1, -0.05) is 17.7 Å². The minimum absolute atomic E-state index is 0.0572. The summed E-state index contributed by atoms with van der Waals surface area (Å²) in [5.74, 6) is -3.45. The fraction of sp³-hybridized carbons (Fsp3) is 0.432. The lowest BCUT2D eigenvalue weighted by Gasteiger charge is -2.44. The number of anilines is 1. The molecule has 0 aliphatic carbocycles. The fourth-order valence-electron chi connectivity index (χ4n) is 6.90. The van der Waals surface area contributed by atoms with Crippen molar-refractivity contribution >= 4 is 35.0 Å². The molecule has 2 saturated heterocycles. The number of quaternary nitrogens is 1. The van der Waals surface area contributed by atoms with Gasteiger partial charge in [-0.2, -0.15) is 5.10 Å². The monoisotopic (exact) mass is 753 g/mol. The average Bonchev–Trinajstić information content (AvgIpc) is 3.70. The number of carbonyl (C=O) groups is 3. The van der Waals surface area contributed by atoms with Crippen LogP contribution in [0.1, 0.15) is 39.5 Å². The Morgan fingerprint density at radius 2 is 1.62 bits per heavy atom. The minimum atomic E-state index is -1.38. The van der Waals surface area contributed by atoms with Gasteiger partial charge in [-0.25, -0.2) is 13.8 Å². The molecule has 3 amide bonds.